The molecule has 0 atom stereocenters. The van der Waals surface area contributed by atoms with E-state index in [1.807, 2.05) is 54.7 Å². The molecule has 5 nitrogen and oxygen atoms in total. The maximum atomic E-state index is 5.78. The van der Waals surface area contributed by atoms with Crippen molar-refractivity contribution in [1.82, 2.24) is 19.5 Å². The van der Waals surface area contributed by atoms with Crippen molar-refractivity contribution in [2.45, 2.75) is 0 Å². The summed E-state index contributed by atoms with van der Waals surface area (Å²) in [6.45, 7) is 0. The van der Waals surface area contributed by atoms with Crippen LogP contribution >= 0.6 is 0 Å². The van der Waals surface area contributed by atoms with E-state index >= 15 is 0 Å². The minimum absolute atomic E-state index is 0.721. The second kappa shape index (κ2) is 8.57. The molecule has 0 aliphatic carbocycles. The number of fused-ring (bicyclic) bond motifs is 4. The number of rotatable bonds is 4. The third-order valence-electron chi connectivity index (χ3n) is 6.74. The highest BCUT2D eigenvalue weighted by Gasteiger charge is 2.21. The first-order valence-corrected chi connectivity index (χ1v) is 12.2. The van der Waals surface area contributed by atoms with Crippen molar-refractivity contribution in [2.75, 3.05) is 7.11 Å². The fraction of sp³-hybridized carbons (Fsp3) is 0.0312. The predicted octanol–water partition coefficient (Wildman–Crippen LogP) is 7.46. The Morgan fingerprint density at radius 2 is 1.35 bits per heavy atom. The molecule has 0 spiro atoms. The van der Waals surface area contributed by atoms with Gasteiger partial charge in [0, 0.05) is 33.8 Å². The van der Waals surface area contributed by atoms with Crippen molar-refractivity contribution in [1.29, 1.82) is 0 Å². The fourth-order valence-electron chi connectivity index (χ4n) is 5.01. The summed E-state index contributed by atoms with van der Waals surface area (Å²) in [5, 5.41) is 2.13. The largest absolute Gasteiger partial charge is 0.494 e. The molecular formula is C32H22N4O. The van der Waals surface area contributed by atoms with Gasteiger partial charge in [0.25, 0.3) is 0 Å². The zero-order valence-corrected chi connectivity index (χ0v) is 20.2. The topological polar surface area (TPSA) is 52.8 Å². The van der Waals surface area contributed by atoms with Gasteiger partial charge in [0.15, 0.2) is 0 Å². The van der Waals surface area contributed by atoms with Gasteiger partial charge in [0.05, 0.1) is 29.4 Å². The molecule has 0 fully saturated rings. The minimum Gasteiger partial charge on any atom is -0.494 e. The number of benzene rings is 4. The van der Waals surface area contributed by atoms with Gasteiger partial charge in [0.2, 0.25) is 0 Å². The van der Waals surface area contributed by atoms with Gasteiger partial charge < -0.3 is 4.74 Å². The SMILES string of the molecule is COc1ccc(-c2ccc3ccc4cccnc4c3n2)c2c1nc(-c1ccccc1)n2-c1ccccc1. The summed E-state index contributed by atoms with van der Waals surface area (Å²) in [6.07, 6.45) is 1.82. The van der Waals surface area contributed by atoms with Crippen LogP contribution in [0.15, 0.2) is 115 Å². The Hall–Kier alpha value is -5.03. The fourth-order valence-corrected chi connectivity index (χ4v) is 5.01. The first-order chi connectivity index (χ1) is 18.3. The first kappa shape index (κ1) is 21.3. The number of imidazole rings is 1. The first-order valence-electron chi connectivity index (χ1n) is 12.2. The van der Waals surface area contributed by atoms with E-state index in [0.29, 0.717) is 0 Å². The van der Waals surface area contributed by atoms with E-state index in [9.17, 15) is 0 Å². The average molecular weight is 479 g/mol. The van der Waals surface area contributed by atoms with Crippen molar-refractivity contribution in [3.63, 3.8) is 0 Å². The number of hydrogen-bond donors (Lipinski definition) is 0. The normalized spacial score (nSPS) is 11.4. The second-order valence-corrected chi connectivity index (χ2v) is 8.89. The van der Waals surface area contributed by atoms with E-state index in [2.05, 4.69) is 70.2 Å². The maximum absolute atomic E-state index is 5.78. The summed E-state index contributed by atoms with van der Waals surface area (Å²) in [5.74, 6) is 1.57. The molecule has 176 valence electrons. The third kappa shape index (κ3) is 3.44. The van der Waals surface area contributed by atoms with Gasteiger partial charge in [-0.1, -0.05) is 72.8 Å². The molecule has 0 radical (unpaired) electrons. The Morgan fingerprint density at radius 3 is 2.14 bits per heavy atom. The summed E-state index contributed by atoms with van der Waals surface area (Å²) in [5.41, 5.74) is 7.40. The lowest BCUT2D eigenvalue weighted by molar-refractivity contribution is 0.419. The van der Waals surface area contributed by atoms with Crippen LogP contribution in [0.2, 0.25) is 0 Å². The van der Waals surface area contributed by atoms with Crippen molar-refractivity contribution in [3.8, 4) is 34.1 Å². The number of ether oxygens (including phenoxy) is 1. The van der Waals surface area contributed by atoms with Crippen LogP contribution in [0.4, 0.5) is 0 Å². The Morgan fingerprint density at radius 1 is 0.622 bits per heavy atom. The number of hydrogen-bond acceptors (Lipinski definition) is 4. The molecule has 0 saturated heterocycles. The van der Waals surface area contributed by atoms with Crippen LogP contribution in [-0.4, -0.2) is 26.6 Å². The summed E-state index contributed by atoms with van der Waals surface area (Å²) in [7, 11) is 1.68. The number of nitrogens with zero attached hydrogens (tertiary/aromatic N) is 4. The van der Waals surface area contributed by atoms with Crippen LogP contribution in [-0.2, 0) is 0 Å². The van der Waals surface area contributed by atoms with E-state index in [1.165, 1.54) is 0 Å². The molecular weight excluding hydrogens is 456 g/mol. The average Bonchev–Trinajstić information content (AvgIpc) is 3.38. The Balaban J connectivity index is 1.59. The Labute approximate surface area is 213 Å². The highest BCUT2D eigenvalue weighted by Crippen LogP contribution is 2.39. The van der Waals surface area contributed by atoms with Crippen molar-refractivity contribution >= 4 is 32.8 Å². The zero-order valence-electron chi connectivity index (χ0n) is 20.2. The van der Waals surface area contributed by atoms with Gasteiger partial charge in [-0.05, 0) is 36.4 Å². The number of methoxy groups -OCH3 is 1. The lowest BCUT2D eigenvalue weighted by atomic mass is 10.1. The molecule has 0 amide bonds. The maximum Gasteiger partial charge on any atom is 0.146 e. The smallest absolute Gasteiger partial charge is 0.146 e. The Kier molecular flexibility index (Phi) is 4.93. The molecule has 7 aromatic rings. The lowest BCUT2D eigenvalue weighted by Crippen LogP contribution is -1.99. The monoisotopic (exact) mass is 478 g/mol. The molecule has 4 aromatic carbocycles. The molecule has 0 aliphatic heterocycles. The van der Waals surface area contributed by atoms with Crippen molar-refractivity contribution in [2.24, 2.45) is 0 Å². The van der Waals surface area contributed by atoms with E-state index in [4.69, 9.17) is 14.7 Å². The third-order valence-corrected chi connectivity index (χ3v) is 6.74. The van der Waals surface area contributed by atoms with Crippen LogP contribution in [0.3, 0.4) is 0 Å². The lowest BCUT2D eigenvalue weighted by Gasteiger charge is -2.13. The van der Waals surface area contributed by atoms with Crippen LogP contribution in [0, 0.1) is 0 Å². The van der Waals surface area contributed by atoms with Gasteiger partial charge in [-0.3, -0.25) is 9.55 Å². The molecule has 5 heteroatoms. The van der Waals surface area contributed by atoms with E-state index < -0.39 is 0 Å². The van der Waals surface area contributed by atoms with Crippen LogP contribution in [0.5, 0.6) is 5.75 Å². The number of pyridine rings is 2. The van der Waals surface area contributed by atoms with Gasteiger partial charge in [-0.25, -0.2) is 9.97 Å². The van der Waals surface area contributed by atoms with Gasteiger partial charge in [-0.15, -0.1) is 0 Å². The molecule has 3 heterocycles. The summed E-state index contributed by atoms with van der Waals surface area (Å²) in [6, 6.07) is 37.0. The van der Waals surface area contributed by atoms with Crippen LogP contribution in [0.1, 0.15) is 0 Å². The molecule has 0 saturated carbocycles. The highest BCUT2D eigenvalue weighted by atomic mass is 16.5. The summed E-state index contributed by atoms with van der Waals surface area (Å²) < 4.78 is 7.98. The zero-order chi connectivity index (χ0) is 24.8. The molecule has 0 bridgehead atoms. The van der Waals surface area contributed by atoms with Gasteiger partial charge in [-0.2, -0.15) is 0 Å². The highest BCUT2D eigenvalue weighted by molar-refractivity contribution is 6.05. The van der Waals surface area contributed by atoms with Gasteiger partial charge in [0.1, 0.15) is 17.1 Å². The molecule has 0 aliphatic rings. The standard InChI is InChI=1S/C32H22N4O/c1-37-27-19-17-25(26-18-16-22-15-14-21-11-8-20-33-28(21)29(22)34-26)31-30(27)35-32(23-9-4-2-5-10-23)36(31)24-12-6-3-7-13-24/h2-20H,1H3. The number of aromatic nitrogens is 4. The summed E-state index contributed by atoms with van der Waals surface area (Å²) in [4.78, 5) is 14.9. The van der Waals surface area contributed by atoms with Crippen molar-refractivity contribution in [3.05, 3.63) is 115 Å². The quantitative estimate of drug-likeness (QED) is 0.246. The van der Waals surface area contributed by atoms with E-state index in [1.54, 1.807) is 7.11 Å². The second-order valence-electron chi connectivity index (χ2n) is 8.89. The molecule has 7 rings (SSSR count). The van der Waals surface area contributed by atoms with Gasteiger partial charge >= 0.3 is 0 Å². The number of para-hydroxylation sites is 1. The van der Waals surface area contributed by atoms with Crippen LogP contribution < -0.4 is 4.74 Å². The molecule has 37 heavy (non-hydrogen) atoms. The van der Waals surface area contributed by atoms with Crippen LogP contribution in [0.25, 0.3) is 61.2 Å². The predicted molar refractivity (Wildman–Crippen MR) is 149 cm³/mol. The van der Waals surface area contributed by atoms with E-state index in [0.717, 1.165) is 66.9 Å². The summed E-state index contributed by atoms with van der Waals surface area (Å²) >= 11 is 0. The molecule has 0 unspecified atom stereocenters. The Bertz CT molecular complexity index is 1910. The minimum atomic E-state index is 0.721. The molecule has 3 aromatic heterocycles. The van der Waals surface area contributed by atoms with Crippen molar-refractivity contribution < 1.29 is 4.74 Å². The van der Waals surface area contributed by atoms with E-state index in [-0.39, 0.29) is 0 Å². The molecule has 0 N–H and O–H groups in total.